The monoisotopic (exact) mass is 339 g/mol. The fourth-order valence-corrected chi connectivity index (χ4v) is 4.24. The summed E-state index contributed by atoms with van der Waals surface area (Å²) in [5.41, 5.74) is 0.154. The summed E-state index contributed by atoms with van der Waals surface area (Å²) in [4.78, 5) is 28.5. The Morgan fingerprint density at radius 1 is 1.38 bits per heavy atom. The Labute approximate surface area is 143 Å². The van der Waals surface area contributed by atoms with E-state index in [1.165, 1.54) is 0 Å². The second-order valence-electron chi connectivity index (χ2n) is 7.48. The lowest BCUT2D eigenvalue weighted by molar-refractivity contribution is -0.143. The maximum absolute atomic E-state index is 12.5. The summed E-state index contributed by atoms with van der Waals surface area (Å²) < 4.78 is 5.11. The maximum atomic E-state index is 12.5. The third kappa shape index (κ3) is 3.73. The Bertz CT molecular complexity index is 476. The molecule has 2 atom stereocenters. The normalized spacial score (nSPS) is 30.2. The number of amides is 2. The molecule has 0 bridgehead atoms. The summed E-state index contributed by atoms with van der Waals surface area (Å²) >= 11 is 0. The molecule has 3 aliphatic heterocycles. The van der Waals surface area contributed by atoms with Gasteiger partial charge in [-0.2, -0.15) is 0 Å². The van der Waals surface area contributed by atoms with Gasteiger partial charge in [0.05, 0.1) is 18.8 Å². The van der Waals surface area contributed by atoms with Crippen LogP contribution in [0.15, 0.2) is 0 Å². The van der Waals surface area contributed by atoms with Crippen LogP contribution in [0, 0.1) is 5.41 Å². The molecule has 2 unspecified atom stereocenters. The molecule has 0 aromatic heterocycles. The van der Waals surface area contributed by atoms with Crippen LogP contribution in [0.3, 0.4) is 0 Å². The van der Waals surface area contributed by atoms with E-state index in [4.69, 9.17) is 4.74 Å². The first kappa shape index (κ1) is 17.6. The fourth-order valence-electron chi connectivity index (χ4n) is 4.24. The summed E-state index contributed by atoms with van der Waals surface area (Å²) in [6, 6.07) is -0.236. The first-order valence-corrected chi connectivity index (χ1v) is 9.00. The zero-order valence-corrected chi connectivity index (χ0v) is 14.5. The molecule has 3 aliphatic rings. The van der Waals surface area contributed by atoms with Crippen molar-refractivity contribution in [3.05, 3.63) is 0 Å². The molecule has 2 amide bonds. The molecule has 0 aliphatic carbocycles. The smallest absolute Gasteiger partial charge is 0.239 e. The molecule has 0 saturated carbocycles. The van der Waals surface area contributed by atoms with Gasteiger partial charge in [-0.15, -0.1) is 0 Å². The molecule has 24 heavy (non-hydrogen) atoms. The highest BCUT2D eigenvalue weighted by molar-refractivity contribution is 5.82. The van der Waals surface area contributed by atoms with Crippen molar-refractivity contribution >= 4 is 11.8 Å². The van der Waals surface area contributed by atoms with E-state index in [1.807, 2.05) is 9.80 Å². The van der Waals surface area contributed by atoms with Gasteiger partial charge < -0.3 is 25.0 Å². The molecule has 1 spiro atoms. The number of methoxy groups -OCH3 is 1. The molecule has 0 radical (unpaired) electrons. The minimum atomic E-state index is -0.409. The minimum absolute atomic E-state index is 0.115. The number of hydrogen-bond donors (Lipinski definition) is 2. The number of β-amino-alcohol motifs (C(OH)–C–C–N with tert-alkyl or cyclic N) is 1. The van der Waals surface area contributed by atoms with Gasteiger partial charge in [-0.05, 0) is 31.1 Å². The van der Waals surface area contributed by atoms with Crippen LogP contribution in [0.1, 0.15) is 32.1 Å². The van der Waals surface area contributed by atoms with Crippen molar-refractivity contribution in [3.8, 4) is 0 Å². The van der Waals surface area contributed by atoms with Gasteiger partial charge in [0, 0.05) is 46.3 Å². The SMILES string of the molecule is COCCN1CC2(CCC1=O)CCN(C(=O)C1CC(O)CN1)CC2. The van der Waals surface area contributed by atoms with Crippen molar-refractivity contribution in [2.45, 2.75) is 44.2 Å². The number of rotatable bonds is 4. The van der Waals surface area contributed by atoms with Crippen LogP contribution in [0.4, 0.5) is 0 Å². The van der Waals surface area contributed by atoms with E-state index in [2.05, 4.69) is 5.32 Å². The third-order valence-corrected chi connectivity index (χ3v) is 5.86. The molecule has 136 valence electrons. The van der Waals surface area contributed by atoms with Crippen molar-refractivity contribution in [1.29, 1.82) is 0 Å². The van der Waals surface area contributed by atoms with E-state index in [-0.39, 0.29) is 23.3 Å². The van der Waals surface area contributed by atoms with Crippen LogP contribution < -0.4 is 5.32 Å². The lowest BCUT2D eigenvalue weighted by Gasteiger charge is -2.47. The van der Waals surface area contributed by atoms with Crippen LogP contribution in [-0.4, -0.2) is 85.3 Å². The van der Waals surface area contributed by atoms with E-state index in [0.717, 1.165) is 38.9 Å². The van der Waals surface area contributed by atoms with E-state index in [1.54, 1.807) is 7.11 Å². The maximum Gasteiger partial charge on any atom is 0.239 e. The molecule has 3 saturated heterocycles. The molecule has 3 rings (SSSR count). The standard InChI is InChI=1S/C17H29N3O4/c1-24-9-8-20-12-17(3-2-15(20)22)4-6-19(7-5-17)16(23)14-10-13(21)11-18-14/h13-14,18,21H,2-12H2,1H3. The van der Waals surface area contributed by atoms with Crippen LogP contribution in [0.5, 0.6) is 0 Å². The van der Waals surface area contributed by atoms with Crippen LogP contribution in [-0.2, 0) is 14.3 Å². The van der Waals surface area contributed by atoms with Crippen molar-refractivity contribution in [2.75, 3.05) is 46.4 Å². The summed E-state index contributed by atoms with van der Waals surface area (Å²) in [6.07, 6.45) is 3.54. The molecule has 7 heteroatoms. The number of hydrogen-bond acceptors (Lipinski definition) is 5. The Hall–Kier alpha value is -1.18. The van der Waals surface area contributed by atoms with Crippen molar-refractivity contribution in [3.63, 3.8) is 0 Å². The van der Waals surface area contributed by atoms with E-state index >= 15 is 0 Å². The predicted molar refractivity (Wildman–Crippen MR) is 88.4 cm³/mol. The highest BCUT2D eigenvalue weighted by Crippen LogP contribution is 2.40. The summed E-state index contributed by atoms with van der Waals surface area (Å²) in [5, 5.41) is 12.7. The average Bonchev–Trinajstić information content (AvgIpc) is 3.02. The molecule has 2 N–H and O–H groups in total. The van der Waals surface area contributed by atoms with Gasteiger partial charge in [-0.3, -0.25) is 9.59 Å². The number of nitrogens with zero attached hydrogens (tertiary/aromatic N) is 2. The zero-order chi connectivity index (χ0) is 17.2. The summed E-state index contributed by atoms with van der Waals surface area (Å²) in [7, 11) is 1.66. The Kier molecular flexibility index (Phi) is 5.42. The van der Waals surface area contributed by atoms with Gasteiger partial charge in [-0.25, -0.2) is 0 Å². The Morgan fingerprint density at radius 2 is 2.12 bits per heavy atom. The molecule has 7 nitrogen and oxygen atoms in total. The quantitative estimate of drug-likeness (QED) is 0.727. The first-order valence-electron chi connectivity index (χ1n) is 9.00. The van der Waals surface area contributed by atoms with E-state index in [0.29, 0.717) is 32.5 Å². The minimum Gasteiger partial charge on any atom is -0.392 e. The molecule has 0 aromatic carbocycles. The second-order valence-corrected chi connectivity index (χ2v) is 7.48. The number of aliphatic hydroxyl groups is 1. The summed E-state index contributed by atoms with van der Waals surface area (Å²) in [6.45, 7) is 4.02. The highest BCUT2D eigenvalue weighted by Gasteiger charge is 2.42. The topological polar surface area (TPSA) is 82.1 Å². The number of likely N-dealkylation sites (tertiary alicyclic amines) is 2. The fraction of sp³-hybridized carbons (Fsp3) is 0.882. The Morgan fingerprint density at radius 3 is 2.75 bits per heavy atom. The van der Waals surface area contributed by atoms with E-state index in [9.17, 15) is 14.7 Å². The number of carbonyl (C=O) groups is 2. The number of nitrogens with one attached hydrogen (secondary N) is 1. The average molecular weight is 339 g/mol. The van der Waals surface area contributed by atoms with Gasteiger partial charge in [0.15, 0.2) is 0 Å². The predicted octanol–water partition coefficient (Wildman–Crippen LogP) is -0.413. The van der Waals surface area contributed by atoms with Crippen LogP contribution >= 0.6 is 0 Å². The zero-order valence-electron chi connectivity index (χ0n) is 14.5. The molecular weight excluding hydrogens is 310 g/mol. The van der Waals surface area contributed by atoms with Gasteiger partial charge in [0.2, 0.25) is 11.8 Å². The van der Waals surface area contributed by atoms with Gasteiger partial charge in [0.25, 0.3) is 0 Å². The largest absolute Gasteiger partial charge is 0.392 e. The Balaban J connectivity index is 1.54. The molecule has 3 heterocycles. The number of piperidine rings is 2. The molecule has 3 fully saturated rings. The second kappa shape index (κ2) is 7.37. The van der Waals surface area contributed by atoms with E-state index < -0.39 is 6.10 Å². The van der Waals surface area contributed by atoms with Crippen molar-refractivity contribution in [2.24, 2.45) is 5.41 Å². The summed E-state index contributed by atoms with van der Waals surface area (Å²) in [5.74, 6) is 0.338. The molecule has 0 aromatic rings. The molecular formula is C17H29N3O4. The number of carbonyl (C=O) groups excluding carboxylic acids is 2. The van der Waals surface area contributed by atoms with Crippen molar-refractivity contribution < 1.29 is 19.4 Å². The van der Waals surface area contributed by atoms with Gasteiger partial charge in [-0.1, -0.05) is 0 Å². The number of ether oxygens (including phenoxy) is 1. The number of aliphatic hydroxyl groups excluding tert-OH is 1. The van der Waals surface area contributed by atoms with Crippen LogP contribution in [0.25, 0.3) is 0 Å². The van der Waals surface area contributed by atoms with Gasteiger partial charge >= 0.3 is 0 Å². The lowest BCUT2D eigenvalue weighted by Crippen LogP contribution is -2.54. The highest BCUT2D eigenvalue weighted by atomic mass is 16.5. The lowest BCUT2D eigenvalue weighted by atomic mass is 9.72. The van der Waals surface area contributed by atoms with Crippen LogP contribution in [0.2, 0.25) is 0 Å². The first-order chi connectivity index (χ1) is 11.5. The van der Waals surface area contributed by atoms with Gasteiger partial charge in [0.1, 0.15) is 0 Å². The van der Waals surface area contributed by atoms with Crippen molar-refractivity contribution in [1.82, 2.24) is 15.1 Å². The third-order valence-electron chi connectivity index (χ3n) is 5.86.